The number of nitrogens with one attached hydrogen (secondary N) is 1. The van der Waals surface area contributed by atoms with Crippen molar-refractivity contribution in [3.05, 3.63) is 88.9 Å². The zero-order chi connectivity index (χ0) is 25.2. The van der Waals surface area contributed by atoms with Crippen LogP contribution in [0.2, 0.25) is 5.02 Å². The molecule has 0 saturated heterocycles. The van der Waals surface area contributed by atoms with Crippen molar-refractivity contribution in [2.24, 2.45) is 0 Å². The number of hydrogen-bond donors (Lipinski definition) is 1. The van der Waals surface area contributed by atoms with Crippen LogP contribution in [0.1, 0.15) is 31.9 Å². The second kappa shape index (κ2) is 9.91. The van der Waals surface area contributed by atoms with Gasteiger partial charge in [-0.3, -0.25) is 9.10 Å². The fourth-order valence-electron chi connectivity index (χ4n) is 3.90. The molecule has 0 fully saturated rings. The van der Waals surface area contributed by atoms with Crippen molar-refractivity contribution in [3.63, 3.8) is 0 Å². The fraction of sp³-hybridized carbons (Fsp3) is 0.296. The number of rotatable bonds is 6. The summed E-state index contributed by atoms with van der Waals surface area (Å²) in [6.45, 7) is 6.45. The van der Waals surface area contributed by atoms with Gasteiger partial charge in [-0.25, -0.2) is 8.42 Å². The molecule has 3 aromatic carbocycles. The van der Waals surface area contributed by atoms with E-state index in [1.807, 2.05) is 24.3 Å². The SMILES string of the molecule is CC(C)(C)c1ccc2c(c1)N(S(=O)(=O)c1ccccc1)C[C@@H](C(=O)NCCc1ccc(Cl)cc1)O2. The van der Waals surface area contributed by atoms with E-state index >= 15 is 0 Å². The van der Waals surface area contributed by atoms with E-state index in [2.05, 4.69) is 26.1 Å². The van der Waals surface area contributed by atoms with Gasteiger partial charge < -0.3 is 10.1 Å². The number of hydrogen-bond acceptors (Lipinski definition) is 4. The average Bonchev–Trinajstić information content (AvgIpc) is 2.84. The highest BCUT2D eigenvalue weighted by molar-refractivity contribution is 7.92. The van der Waals surface area contributed by atoms with Crippen LogP contribution in [0.3, 0.4) is 0 Å². The van der Waals surface area contributed by atoms with Gasteiger partial charge in [0.1, 0.15) is 5.75 Å². The van der Waals surface area contributed by atoms with E-state index in [0.29, 0.717) is 29.4 Å². The number of anilines is 1. The minimum absolute atomic E-state index is 0.120. The lowest BCUT2D eigenvalue weighted by Gasteiger charge is -2.36. The summed E-state index contributed by atoms with van der Waals surface area (Å²) in [4.78, 5) is 13.2. The van der Waals surface area contributed by atoms with Gasteiger partial charge in [0.05, 0.1) is 17.1 Å². The lowest BCUT2D eigenvalue weighted by atomic mass is 9.86. The first kappa shape index (κ1) is 25.1. The van der Waals surface area contributed by atoms with E-state index in [9.17, 15) is 13.2 Å². The van der Waals surface area contributed by atoms with E-state index in [1.54, 1.807) is 48.5 Å². The average molecular weight is 513 g/mol. The number of amides is 1. The molecule has 35 heavy (non-hydrogen) atoms. The molecule has 1 aliphatic heterocycles. The molecule has 3 aromatic rings. The third-order valence-corrected chi connectivity index (χ3v) is 7.99. The molecule has 6 nitrogen and oxygen atoms in total. The molecule has 1 heterocycles. The van der Waals surface area contributed by atoms with E-state index < -0.39 is 16.1 Å². The molecule has 1 aliphatic rings. The van der Waals surface area contributed by atoms with Crippen LogP contribution in [-0.2, 0) is 26.7 Å². The minimum Gasteiger partial charge on any atom is -0.476 e. The largest absolute Gasteiger partial charge is 0.476 e. The number of nitrogens with zero attached hydrogens (tertiary/aromatic N) is 1. The van der Waals surface area contributed by atoms with E-state index in [0.717, 1.165) is 11.1 Å². The van der Waals surface area contributed by atoms with Crippen LogP contribution in [0.25, 0.3) is 0 Å². The summed E-state index contributed by atoms with van der Waals surface area (Å²) in [5.74, 6) is -0.000574. The van der Waals surface area contributed by atoms with Gasteiger partial charge in [0, 0.05) is 11.6 Å². The van der Waals surface area contributed by atoms with Crippen LogP contribution in [0, 0.1) is 0 Å². The number of carbonyl (C=O) groups is 1. The Kier molecular flexibility index (Phi) is 7.10. The summed E-state index contributed by atoms with van der Waals surface area (Å²) >= 11 is 5.93. The van der Waals surface area contributed by atoms with Crippen LogP contribution >= 0.6 is 11.6 Å². The Morgan fingerprint density at radius 3 is 2.40 bits per heavy atom. The first-order valence-electron chi connectivity index (χ1n) is 11.5. The monoisotopic (exact) mass is 512 g/mol. The third-order valence-electron chi connectivity index (χ3n) is 5.94. The molecule has 0 unspecified atom stereocenters. The van der Waals surface area contributed by atoms with E-state index in [-0.39, 0.29) is 22.8 Å². The first-order valence-corrected chi connectivity index (χ1v) is 13.3. The van der Waals surface area contributed by atoms with Gasteiger partial charge in [-0.1, -0.05) is 68.8 Å². The molecule has 184 valence electrons. The van der Waals surface area contributed by atoms with Crippen molar-refractivity contribution >= 4 is 33.2 Å². The Bertz CT molecular complexity index is 1300. The second-order valence-electron chi connectivity index (χ2n) is 9.56. The zero-order valence-corrected chi connectivity index (χ0v) is 21.6. The molecule has 1 N–H and O–H groups in total. The minimum atomic E-state index is -3.91. The molecular weight excluding hydrogens is 484 g/mol. The Hall–Kier alpha value is -3.03. The van der Waals surface area contributed by atoms with Gasteiger partial charge in [0.15, 0.2) is 6.10 Å². The number of sulfonamides is 1. The van der Waals surface area contributed by atoms with Gasteiger partial charge >= 0.3 is 0 Å². The zero-order valence-electron chi connectivity index (χ0n) is 20.0. The standard InChI is InChI=1S/C27H29ClN2O4S/c1-27(2,3)20-11-14-24-23(17-20)30(35(32,33)22-7-5-4-6-8-22)18-25(34-24)26(31)29-16-15-19-9-12-21(28)13-10-19/h4-14,17,25H,15-16,18H2,1-3H3,(H,29,31)/t25-/m0/s1. The Labute approximate surface area is 211 Å². The molecule has 0 spiro atoms. The Morgan fingerprint density at radius 2 is 1.74 bits per heavy atom. The molecule has 1 amide bonds. The smallest absolute Gasteiger partial charge is 0.264 e. The Morgan fingerprint density at radius 1 is 1.06 bits per heavy atom. The number of halogens is 1. The number of fused-ring (bicyclic) bond motifs is 1. The van der Waals surface area contributed by atoms with E-state index in [4.69, 9.17) is 16.3 Å². The maximum absolute atomic E-state index is 13.6. The quantitative estimate of drug-likeness (QED) is 0.507. The summed E-state index contributed by atoms with van der Waals surface area (Å²) in [7, 11) is -3.91. The Balaban J connectivity index is 1.60. The van der Waals surface area contributed by atoms with Gasteiger partial charge in [0.2, 0.25) is 0 Å². The van der Waals surface area contributed by atoms with Gasteiger partial charge in [-0.2, -0.15) is 0 Å². The van der Waals surface area contributed by atoms with Crippen molar-refractivity contribution in [2.45, 2.75) is 43.6 Å². The van der Waals surface area contributed by atoms with Gasteiger partial charge in [-0.15, -0.1) is 0 Å². The molecule has 0 saturated carbocycles. The molecule has 0 radical (unpaired) electrons. The van der Waals surface area contributed by atoms with Gasteiger partial charge in [0.25, 0.3) is 15.9 Å². The van der Waals surface area contributed by atoms with Crippen LogP contribution in [-0.4, -0.2) is 33.5 Å². The predicted molar refractivity (Wildman–Crippen MR) is 139 cm³/mol. The van der Waals surface area contributed by atoms with Crippen LogP contribution in [0.15, 0.2) is 77.7 Å². The third kappa shape index (κ3) is 5.63. The molecule has 8 heteroatoms. The predicted octanol–water partition coefficient (Wildman–Crippen LogP) is 4.95. The summed E-state index contributed by atoms with van der Waals surface area (Å²) in [6.07, 6.45) is -0.362. The maximum atomic E-state index is 13.6. The van der Waals surface area contributed by atoms with Crippen molar-refractivity contribution in [3.8, 4) is 5.75 Å². The maximum Gasteiger partial charge on any atom is 0.264 e. The summed E-state index contributed by atoms with van der Waals surface area (Å²) in [5, 5.41) is 3.53. The molecule has 4 rings (SSSR count). The highest BCUT2D eigenvalue weighted by atomic mass is 35.5. The second-order valence-corrected chi connectivity index (χ2v) is 11.9. The van der Waals surface area contributed by atoms with Crippen LogP contribution in [0.5, 0.6) is 5.75 Å². The highest BCUT2D eigenvalue weighted by Crippen LogP contribution is 2.40. The fourth-order valence-corrected chi connectivity index (χ4v) is 5.51. The van der Waals surface area contributed by atoms with Crippen molar-refractivity contribution in [1.82, 2.24) is 5.32 Å². The van der Waals surface area contributed by atoms with Crippen LogP contribution < -0.4 is 14.4 Å². The number of ether oxygens (including phenoxy) is 1. The summed E-state index contributed by atoms with van der Waals surface area (Å²) < 4.78 is 34.6. The normalized spacial score (nSPS) is 15.8. The molecular formula is C27H29ClN2O4S. The molecule has 1 atom stereocenters. The lowest BCUT2D eigenvalue weighted by molar-refractivity contribution is -0.127. The summed E-state index contributed by atoms with van der Waals surface area (Å²) in [5.41, 5.74) is 2.26. The molecule has 0 aromatic heterocycles. The number of benzene rings is 3. The summed E-state index contributed by atoms with van der Waals surface area (Å²) in [6, 6.07) is 21.1. The van der Waals surface area contributed by atoms with Gasteiger partial charge in [-0.05, 0) is 59.4 Å². The van der Waals surface area contributed by atoms with E-state index in [1.165, 1.54) is 4.31 Å². The van der Waals surface area contributed by atoms with Crippen molar-refractivity contribution in [2.75, 3.05) is 17.4 Å². The highest BCUT2D eigenvalue weighted by Gasteiger charge is 2.38. The molecule has 0 aliphatic carbocycles. The first-order chi connectivity index (χ1) is 16.6. The molecule has 0 bridgehead atoms. The van der Waals surface area contributed by atoms with Crippen molar-refractivity contribution in [1.29, 1.82) is 0 Å². The van der Waals surface area contributed by atoms with Crippen LogP contribution in [0.4, 0.5) is 5.69 Å². The topological polar surface area (TPSA) is 75.7 Å². The lowest BCUT2D eigenvalue weighted by Crippen LogP contribution is -2.51. The van der Waals surface area contributed by atoms with Crippen molar-refractivity contribution < 1.29 is 17.9 Å². The number of carbonyl (C=O) groups excluding carboxylic acids is 1.